The van der Waals surface area contributed by atoms with E-state index in [9.17, 15) is 48.3 Å². The van der Waals surface area contributed by atoms with Crippen LogP contribution in [0.2, 0.25) is 0 Å². The smallest absolute Gasteiger partial charge is 0.243 e. The predicted molar refractivity (Wildman–Crippen MR) is 31.5 cm³/mol. The number of hydrogen-bond donors (Lipinski definition) is 0. The van der Waals surface area contributed by atoms with Crippen LogP contribution in [-0.4, -0.2) is 30.4 Å². The lowest BCUT2D eigenvalue weighted by Gasteiger charge is -2.32. The number of rotatable bonds is 2. The lowest BCUT2D eigenvalue weighted by atomic mass is 9.96. The van der Waals surface area contributed by atoms with Crippen molar-refractivity contribution >= 4 is 0 Å². The Balaban J connectivity index is 5.38. The largest absolute Gasteiger partial charge is 0.434 e. The number of alkyl halides is 11. The first-order chi connectivity index (χ1) is 7.13. The quantitative estimate of drug-likeness (QED) is 0.669. The Kier molecular flexibility index (Phi) is 3.97. The van der Waals surface area contributed by atoms with E-state index in [0.29, 0.717) is 0 Å². The van der Waals surface area contributed by atoms with Gasteiger partial charge in [-0.1, -0.05) is 0 Å². The van der Waals surface area contributed by atoms with Crippen molar-refractivity contribution in [1.29, 1.82) is 0 Å². The monoisotopic (exact) mass is 284 g/mol. The zero-order valence-electron chi connectivity index (χ0n) is 7.44. The van der Waals surface area contributed by atoms with E-state index in [1.165, 1.54) is 0 Å². The Hall–Kier alpha value is -0.770. The molecule has 0 N–H and O–H groups in total. The summed E-state index contributed by atoms with van der Waals surface area (Å²) in [6.45, 7) is 0. The molecule has 0 aliphatic heterocycles. The average molecular weight is 284 g/mol. The van der Waals surface area contributed by atoms with Crippen LogP contribution in [0.3, 0.4) is 0 Å². The van der Waals surface area contributed by atoms with Gasteiger partial charge < -0.3 is 0 Å². The average Bonchev–Trinajstić information content (AvgIpc) is 1.94. The maximum absolute atomic E-state index is 12.6. The van der Waals surface area contributed by atoms with Gasteiger partial charge in [-0.25, -0.2) is 8.78 Å². The van der Waals surface area contributed by atoms with E-state index >= 15 is 0 Å². The topological polar surface area (TPSA) is 0 Å². The van der Waals surface area contributed by atoms with Crippen molar-refractivity contribution in [2.45, 2.75) is 36.8 Å². The standard InChI is InChI=1S/C6H3F11/c7-2(1-3(8,9)10)4(11,5(12,13)14)6(15,16)17/h2H,1H2. The molecule has 0 fully saturated rings. The fraction of sp³-hybridized carbons (Fsp3) is 1.00. The molecule has 0 aromatic heterocycles. The summed E-state index contributed by atoms with van der Waals surface area (Å²) in [6, 6.07) is 0. The molecule has 11 heteroatoms. The molecule has 0 bridgehead atoms. The van der Waals surface area contributed by atoms with Crippen molar-refractivity contribution in [1.82, 2.24) is 0 Å². The minimum atomic E-state index is -6.84. The van der Waals surface area contributed by atoms with Gasteiger partial charge in [0.05, 0.1) is 6.42 Å². The van der Waals surface area contributed by atoms with Gasteiger partial charge in [-0.15, -0.1) is 0 Å². The van der Waals surface area contributed by atoms with Crippen LogP contribution >= 0.6 is 0 Å². The van der Waals surface area contributed by atoms with E-state index in [-0.39, 0.29) is 0 Å². The minimum absolute atomic E-state index is 3.19. The zero-order chi connectivity index (χ0) is 14.3. The van der Waals surface area contributed by atoms with Crippen LogP contribution in [0.5, 0.6) is 0 Å². The van der Waals surface area contributed by atoms with E-state index in [0.717, 1.165) is 0 Å². The lowest BCUT2D eigenvalue weighted by molar-refractivity contribution is -0.362. The predicted octanol–water partition coefficient (Wildman–Crippen LogP) is 4.11. The second-order valence-electron chi connectivity index (χ2n) is 2.99. The van der Waals surface area contributed by atoms with Crippen molar-refractivity contribution in [2.24, 2.45) is 0 Å². The molecule has 0 amide bonds. The summed E-state index contributed by atoms with van der Waals surface area (Å²) in [7, 11) is 0. The van der Waals surface area contributed by atoms with E-state index in [2.05, 4.69) is 0 Å². The van der Waals surface area contributed by atoms with Crippen LogP contribution in [0.4, 0.5) is 48.3 Å². The summed E-state index contributed by atoms with van der Waals surface area (Å²) in [5, 5.41) is 0. The van der Waals surface area contributed by atoms with Crippen LogP contribution in [0.1, 0.15) is 6.42 Å². The van der Waals surface area contributed by atoms with Gasteiger partial charge in [0.15, 0.2) is 6.17 Å². The van der Waals surface area contributed by atoms with E-state index in [1.807, 2.05) is 0 Å². The van der Waals surface area contributed by atoms with Gasteiger partial charge in [0.2, 0.25) is 0 Å². The molecule has 104 valence electrons. The zero-order valence-corrected chi connectivity index (χ0v) is 7.44. The molecule has 0 saturated carbocycles. The summed E-state index contributed by atoms with van der Waals surface area (Å²) in [5.74, 6) is 0. The number of hydrogen-bond acceptors (Lipinski definition) is 0. The summed E-state index contributed by atoms with van der Waals surface area (Å²) in [5.41, 5.74) is -6.55. The number of halogens is 11. The molecule has 0 aliphatic carbocycles. The first kappa shape index (κ1) is 16.2. The Morgan fingerprint density at radius 3 is 1.12 bits per heavy atom. The molecular weight excluding hydrogens is 281 g/mol. The van der Waals surface area contributed by atoms with Gasteiger partial charge in [-0.3, -0.25) is 0 Å². The highest BCUT2D eigenvalue weighted by atomic mass is 19.4. The van der Waals surface area contributed by atoms with Gasteiger partial charge in [-0.2, -0.15) is 39.5 Å². The molecule has 1 unspecified atom stereocenters. The van der Waals surface area contributed by atoms with Crippen molar-refractivity contribution < 1.29 is 48.3 Å². The lowest BCUT2D eigenvalue weighted by Crippen LogP contribution is -2.60. The first-order valence-corrected chi connectivity index (χ1v) is 3.66. The normalized spacial score (nSPS) is 17.1. The van der Waals surface area contributed by atoms with E-state index < -0.39 is 36.8 Å². The summed E-state index contributed by atoms with van der Waals surface area (Å²) in [6.07, 6.45) is -27.4. The first-order valence-electron chi connectivity index (χ1n) is 3.66. The highest BCUT2D eigenvalue weighted by molar-refractivity contribution is 5.01. The van der Waals surface area contributed by atoms with Crippen molar-refractivity contribution in [3.8, 4) is 0 Å². The molecule has 0 nitrogen and oxygen atoms in total. The Labute approximate surface area is 86.4 Å². The van der Waals surface area contributed by atoms with Crippen molar-refractivity contribution in [2.75, 3.05) is 0 Å². The highest BCUT2D eigenvalue weighted by Crippen LogP contribution is 2.51. The third-order valence-corrected chi connectivity index (χ3v) is 1.67. The molecule has 0 rings (SSSR count). The fourth-order valence-corrected chi connectivity index (χ4v) is 0.860. The van der Waals surface area contributed by atoms with Gasteiger partial charge in [0.1, 0.15) is 0 Å². The van der Waals surface area contributed by atoms with E-state index in [4.69, 9.17) is 0 Å². The van der Waals surface area contributed by atoms with Crippen LogP contribution in [0.25, 0.3) is 0 Å². The van der Waals surface area contributed by atoms with Crippen LogP contribution < -0.4 is 0 Å². The molecule has 0 aromatic rings. The van der Waals surface area contributed by atoms with Gasteiger partial charge in [-0.05, 0) is 0 Å². The fourth-order valence-electron chi connectivity index (χ4n) is 0.860. The van der Waals surface area contributed by atoms with Crippen LogP contribution in [0.15, 0.2) is 0 Å². The molecule has 0 spiro atoms. The SMILES string of the molecule is FC(CC(F)(F)F)C(F)(C(F)(F)F)C(F)(F)F. The van der Waals surface area contributed by atoms with Crippen LogP contribution in [-0.2, 0) is 0 Å². The molecule has 1 atom stereocenters. The third kappa shape index (κ3) is 3.35. The molecule has 0 radical (unpaired) electrons. The van der Waals surface area contributed by atoms with Gasteiger partial charge in [0, 0.05) is 0 Å². The molecule has 17 heavy (non-hydrogen) atoms. The van der Waals surface area contributed by atoms with Crippen molar-refractivity contribution in [3.05, 3.63) is 0 Å². The third-order valence-electron chi connectivity index (χ3n) is 1.67. The van der Waals surface area contributed by atoms with Gasteiger partial charge >= 0.3 is 24.2 Å². The summed E-state index contributed by atoms with van der Waals surface area (Å²) < 4.78 is 130. The molecule has 0 aliphatic rings. The Morgan fingerprint density at radius 2 is 0.941 bits per heavy atom. The molecule has 0 aromatic carbocycles. The molecule has 0 heterocycles. The Bertz CT molecular complexity index is 241. The summed E-state index contributed by atoms with van der Waals surface area (Å²) >= 11 is 0. The van der Waals surface area contributed by atoms with Crippen molar-refractivity contribution in [3.63, 3.8) is 0 Å². The molecular formula is C6H3F11. The maximum Gasteiger partial charge on any atom is 0.434 e. The highest BCUT2D eigenvalue weighted by Gasteiger charge is 2.77. The minimum Gasteiger partial charge on any atom is -0.243 e. The maximum atomic E-state index is 12.6. The summed E-state index contributed by atoms with van der Waals surface area (Å²) in [4.78, 5) is 0. The second-order valence-corrected chi connectivity index (χ2v) is 2.99. The van der Waals surface area contributed by atoms with E-state index in [1.54, 1.807) is 0 Å². The second kappa shape index (κ2) is 4.16. The van der Waals surface area contributed by atoms with Gasteiger partial charge in [0.25, 0.3) is 0 Å². The Morgan fingerprint density at radius 1 is 0.647 bits per heavy atom. The van der Waals surface area contributed by atoms with Crippen LogP contribution in [0, 0.1) is 0 Å². The molecule has 0 saturated heterocycles.